The summed E-state index contributed by atoms with van der Waals surface area (Å²) in [5.74, 6) is 0.916. The molecule has 2 rings (SSSR count). The Morgan fingerprint density at radius 3 is 2.94 bits per heavy atom. The maximum absolute atomic E-state index is 5.35. The van der Waals surface area contributed by atoms with Crippen LogP contribution >= 0.6 is 15.9 Å². The molecule has 0 atom stereocenters. The Morgan fingerprint density at radius 1 is 1.53 bits per heavy atom. The van der Waals surface area contributed by atoms with Gasteiger partial charge in [-0.2, -0.15) is 0 Å². The Labute approximate surface area is 111 Å². The average Bonchev–Trinajstić information content (AvgIpc) is 3.10. The van der Waals surface area contributed by atoms with Gasteiger partial charge in [-0.25, -0.2) is 0 Å². The van der Waals surface area contributed by atoms with Gasteiger partial charge < -0.3 is 10.1 Å². The van der Waals surface area contributed by atoms with Gasteiger partial charge in [0.25, 0.3) is 0 Å². The number of hydrogen-bond acceptors (Lipinski definition) is 2. The maximum atomic E-state index is 5.35. The van der Waals surface area contributed by atoms with Crippen LogP contribution in [0.3, 0.4) is 0 Å². The third-order valence-corrected chi connectivity index (χ3v) is 3.33. The maximum Gasteiger partial charge on any atom is 0.126 e. The highest BCUT2D eigenvalue weighted by Crippen LogP contribution is 2.25. The SMILES string of the molecule is COc1ccc(Br)cc1C=C(C)CNC1CC1. The van der Waals surface area contributed by atoms with Gasteiger partial charge in [0.2, 0.25) is 0 Å². The summed E-state index contributed by atoms with van der Waals surface area (Å²) < 4.78 is 6.43. The van der Waals surface area contributed by atoms with E-state index in [-0.39, 0.29) is 0 Å². The van der Waals surface area contributed by atoms with E-state index in [1.807, 2.05) is 12.1 Å². The first kappa shape index (κ1) is 12.7. The lowest BCUT2D eigenvalue weighted by molar-refractivity contribution is 0.413. The molecule has 1 aliphatic carbocycles. The van der Waals surface area contributed by atoms with Gasteiger partial charge in [-0.1, -0.05) is 27.6 Å². The Morgan fingerprint density at radius 2 is 2.29 bits per heavy atom. The second kappa shape index (κ2) is 5.69. The summed E-state index contributed by atoms with van der Waals surface area (Å²) in [6.45, 7) is 3.11. The minimum absolute atomic E-state index is 0.753. The van der Waals surface area contributed by atoms with Gasteiger partial charge in [-0.3, -0.25) is 0 Å². The summed E-state index contributed by atoms with van der Waals surface area (Å²) in [5.41, 5.74) is 2.45. The normalized spacial score (nSPS) is 16.1. The van der Waals surface area contributed by atoms with E-state index in [2.05, 4.69) is 40.3 Å². The van der Waals surface area contributed by atoms with Crippen LogP contribution in [0.5, 0.6) is 5.75 Å². The molecule has 2 nitrogen and oxygen atoms in total. The predicted molar refractivity (Wildman–Crippen MR) is 75.4 cm³/mol. The summed E-state index contributed by atoms with van der Waals surface area (Å²) in [6.07, 6.45) is 4.83. The van der Waals surface area contributed by atoms with Crippen molar-refractivity contribution < 1.29 is 4.74 Å². The molecule has 0 aliphatic heterocycles. The molecule has 1 aromatic rings. The van der Waals surface area contributed by atoms with Crippen molar-refractivity contribution in [1.82, 2.24) is 5.32 Å². The van der Waals surface area contributed by atoms with Gasteiger partial charge in [0.15, 0.2) is 0 Å². The number of nitrogens with one attached hydrogen (secondary N) is 1. The molecular weight excluding hydrogens is 278 g/mol. The fourth-order valence-corrected chi connectivity index (χ4v) is 2.11. The Balaban J connectivity index is 2.08. The summed E-state index contributed by atoms with van der Waals surface area (Å²) in [6, 6.07) is 6.81. The second-order valence-corrected chi connectivity index (χ2v) is 5.45. The van der Waals surface area contributed by atoms with Gasteiger partial charge in [-0.15, -0.1) is 0 Å². The number of benzene rings is 1. The number of halogens is 1. The lowest BCUT2D eigenvalue weighted by Crippen LogP contribution is -2.18. The highest BCUT2D eigenvalue weighted by atomic mass is 79.9. The monoisotopic (exact) mass is 295 g/mol. The van der Waals surface area contributed by atoms with Gasteiger partial charge in [0.05, 0.1) is 7.11 Å². The van der Waals surface area contributed by atoms with Crippen LogP contribution in [0.25, 0.3) is 6.08 Å². The van der Waals surface area contributed by atoms with Crippen molar-refractivity contribution in [3.8, 4) is 5.75 Å². The zero-order valence-electron chi connectivity index (χ0n) is 10.3. The minimum atomic E-state index is 0.753. The standard InChI is InChI=1S/C14H18BrNO/c1-10(9-16-13-4-5-13)7-11-8-12(15)3-6-14(11)17-2/h3,6-8,13,16H,4-5,9H2,1-2H3. The summed E-state index contributed by atoms with van der Waals surface area (Å²) in [5, 5.41) is 3.51. The highest BCUT2D eigenvalue weighted by molar-refractivity contribution is 9.10. The van der Waals surface area contributed by atoms with Crippen LogP contribution in [0.1, 0.15) is 25.3 Å². The summed E-state index contributed by atoms with van der Waals surface area (Å²) in [4.78, 5) is 0. The molecule has 0 aromatic heterocycles. The first-order valence-corrected chi connectivity index (χ1v) is 6.72. The number of methoxy groups -OCH3 is 1. The van der Waals surface area contributed by atoms with E-state index < -0.39 is 0 Å². The topological polar surface area (TPSA) is 21.3 Å². The zero-order chi connectivity index (χ0) is 12.3. The van der Waals surface area contributed by atoms with E-state index in [4.69, 9.17) is 4.74 Å². The molecule has 1 N–H and O–H groups in total. The third-order valence-electron chi connectivity index (χ3n) is 2.84. The minimum Gasteiger partial charge on any atom is -0.496 e. The quantitative estimate of drug-likeness (QED) is 0.896. The Bertz CT molecular complexity index is 424. The average molecular weight is 296 g/mol. The largest absolute Gasteiger partial charge is 0.496 e. The van der Waals surface area contributed by atoms with Gasteiger partial charge in [0.1, 0.15) is 5.75 Å². The fourth-order valence-electron chi connectivity index (χ4n) is 1.73. The van der Waals surface area contributed by atoms with Crippen LogP contribution < -0.4 is 10.1 Å². The third kappa shape index (κ3) is 3.86. The van der Waals surface area contributed by atoms with Crippen LogP contribution in [0, 0.1) is 0 Å². The smallest absolute Gasteiger partial charge is 0.126 e. The van der Waals surface area contributed by atoms with Crippen molar-refractivity contribution in [1.29, 1.82) is 0 Å². The van der Waals surface area contributed by atoms with Crippen molar-refractivity contribution in [3.63, 3.8) is 0 Å². The molecule has 92 valence electrons. The van der Waals surface area contributed by atoms with E-state index in [9.17, 15) is 0 Å². The molecule has 0 radical (unpaired) electrons. The van der Waals surface area contributed by atoms with Gasteiger partial charge in [-0.05, 0) is 38.0 Å². The van der Waals surface area contributed by atoms with Crippen molar-refractivity contribution in [2.45, 2.75) is 25.8 Å². The molecule has 1 aliphatic rings. The van der Waals surface area contributed by atoms with E-state index >= 15 is 0 Å². The van der Waals surface area contributed by atoms with E-state index in [0.29, 0.717) is 0 Å². The second-order valence-electron chi connectivity index (χ2n) is 4.53. The molecule has 0 bridgehead atoms. The molecule has 0 heterocycles. The van der Waals surface area contributed by atoms with E-state index in [1.54, 1.807) is 7.11 Å². The number of ether oxygens (including phenoxy) is 1. The zero-order valence-corrected chi connectivity index (χ0v) is 11.9. The Hall–Kier alpha value is -0.800. The van der Waals surface area contributed by atoms with E-state index in [0.717, 1.165) is 28.4 Å². The lowest BCUT2D eigenvalue weighted by Gasteiger charge is -2.07. The molecule has 0 amide bonds. The van der Waals surface area contributed by atoms with Crippen LogP contribution in [0.2, 0.25) is 0 Å². The van der Waals surface area contributed by atoms with Crippen LogP contribution in [0.4, 0.5) is 0 Å². The molecule has 1 aromatic carbocycles. The predicted octanol–water partition coefficient (Wildman–Crippen LogP) is 3.61. The van der Waals surface area contributed by atoms with Crippen LogP contribution in [-0.2, 0) is 0 Å². The summed E-state index contributed by atoms with van der Waals surface area (Å²) >= 11 is 3.49. The Kier molecular flexibility index (Phi) is 4.24. The molecule has 0 spiro atoms. The first-order valence-electron chi connectivity index (χ1n) is 5.93. The fraction of sp³-hybridized carbons (Fsp3) is 0.429. The highest BCUT2D eigenvalue weighted by Gasteiger charge is 2.19. The molecular formula is C14H18BrNO. The first-order chi connectivity index (χ1) is 8.19. The molecule has 1 fully saturated rings. The van der Waals surface area contributed by atoms with Gasteiger partial charge in [0, 0.05) is 22.6 Å². The van der Waals surface area contributed by atoms with E-state index in [1.165, 1.54) is 18.4 Å². The van der Waals surface area contributed by atoms with Crippen molar-refractivity contribution in [2.24, 2.45) is 0 Å². The number of rotatable bonds is 5. The van der Waals surface area contributed by atoms with Gasteiger partial charge >= 0.3 is 0 Å². The summed E-state index contributed by atoms with van der Waals surface area (Å²) in [7, 11) is 1.71. The molecule has 1 saturated carbocycles. The molecule has 17 heavy (non-hydrogen) atoms. The molecule has 3 heteroatoms. The van der Waals surface area contributed by atoms with Crippen LogP contribution in [0.15, 0.2) is 28.2 Å². The lowest BCUT2D eigenvalue weighted by atomic mass is 10.1. The van der Waals surface area contributed by atoms with Crippen molar-refractivity contribution in [3.05, 3.63) is 33.8 Å². The molecule has 0 unspecified atom stereocenters. The molecule has 0 saturated heterocycles. The van der Waals surface area contributed by atoms with Crippen molar-refractivity contribution >= 4 is 22.0 Å². The number of hydrogen-bond donors (Lipinski definition) is 1. The van der Waals surface area contributed by atoms with Crippen LogP contribution in [-0.4, -0.2) is 19.7 Å². The van der Waals surface area contributed by atoms with Crippen molar-refractivity contribution in [2.75, 3.05) is 13.7 Å².